The van der Waals surface area contributed by atoms with Gasteiger partial charge >= 0.3 is 5.97 Å². The van der Waals surface area contributed by atoms with Crippen molar-refractivity contribution in [1.82, 2.24) is 0 Å². The molecule has 1 fully saturated rings. The SMILES string of the molecule is CC(C)(C)OC(=O)CC(N)CC1CCCC1. The highest BCUT2D eigenvalue weighted by Gasteiger charge is 2.22. The Bertz CT molecular complexity index is 227. The van der Waals surface area contributed by atoms with Gasteiger partial charge < -0.3 is 10.5 Å². The molecule has 0 aliphatic heterocycles. The van der Waals surface area contributed by atoms with E-state index in [9.17, 15) is 4.79 Å². The molecule has 3 nitrogen and oxygen atoms in total. The van der Waals surface area contributed by atoms with Crippen LogP contribution in [0.4, 0.5) is 0 Å². The van der Waals surface area contributed by atoms with Gasteiger partial charge in [-0.3, -0.25) is 4.79 Å². The van der Waals surface area contributed by atoms with E-state index in [1.54, 1.807) is 0 Å². The number of carbonyl (C=O) groups is 1. The van der Waals surface area contributed by atoms with Gasteiger partial charge in [0.05, 0.1) is 6.42 Å². The summed E-state index contributed by atoms with van der Waals surface area (Å²) in [4.78, 5) is 11.5. The Morgan fingerprint density at radius 2 is 1.94 bits per heavy atom. The van der Waals surface area contributed by atoms with Gasteiger partial charge in [-0.2, -0.15) is 0 Å². The first kappa shape index (κ1) is 13.5. The van der Waals surface area contributed by atoms with E-state index in [0.717, 1.165) is 12.3 Å². The monoisotopic (exact) mass is 227 g/mol. The zero-order chi connectivity index (χ0) is 12.2. The molecule has 0 aromatic carbocycles. The van der Waals surface area contributed by atoms with Crippen molar-refractivity contribution in [2.24, 2.45) is 11.7 Å². The highest BCUT2D eigenvalue weighted by Crippen LogP contribution is 2.28. The average molecular weight is 227 g/mol. The molecule has 3 heteroatoms. The predicted molar refractivity (Wildman–Crippen MR) is 65.0 cm³/mol. The van der Waals surface area contributed by atoms with E-state index in [2.05, 4.69) is 0 Å². The number of hydrogen-bond donors (Lipinski definition) is 1. The van der Waals surface area contributed by atoms with Crippen LogP contribution in [0.1, 0.15) is 59.3 Å². The second-order valence-corrected chi connectivity index (χ2v) is 5.94. The Morgan fingerprint density at radius 1 is 1.38 bits per heavy atom. The first-order valence-corrected chi connectivity index (χ1v) is 6.34. The third-order valence-electron chi connectivity index (χ3n) is 2.96. The van der Waals surface area contributed by atoms with Gasteiger partial charge in [-0.25, -0.2) is 0 Å². The van der Waals surface area contributed by atoms with E-state index in [4.69, 9.17) is 10.5 Å². The van der Waals surface area contributed by atoms with Crippen LogP contribution in [0.15, 0.2) is 0 Å². The van der Waals surface area contributed by atoms with Crippen molar-refractivity contribution >= 4 is 5.97 Å². The third kappa shape index (κ3) is 5.50. The molecule has 94 valence electrons. The zero-order valence-corrected chi connectivity index (χ0v) is 10.8. The van der Waals surface area contributed by atoms with Gasteiger partial charge in [0.2, 0.25) is 0 Å². The molecule has 16 heavy (non-hydrogen) atoms. The minimum absolute atomic E-state index is 0.0297. The van der Waals surface area contributed by atoms with Gasteiger partial charge in [0.25, 0.3) is 0 Å². The van der Waals surface area contributed by atoms with Gasteiger partial charge in [0.15, 0.2) is 0 Å². The fourth-order valence-corrected chi connectivity index (χ4v) is 2.35. The maximum absolute atomic E-state index is 11.5. The molecule has 0 amide bonds. The van der Waals surface area contributed by atoms with Gasteiger partial charge in [0, 0.05) is 6.04 Å². The molecule has 0 radical (unpaired) electrons. The summed E-state index contributed by atoms with van der Waals surface area (Å²) in [5.74, 6) is 0.565. The lowest BCUT2D eigenvalue weighted by atomic mass is 9.97. The van der Waals surface area contributed by atoms with Gasteiger partial charge in [-0.1, -0.05) is 25.7 Å². The van der Waals surface area contributed by atoms with Crippen LogP contribution in [0.25, 0.3) is 0 Å². The third-order valence-corrected chi connectivity index (χ3v) is 2.96. The number of esters is 1. The summed E-state index contributed by atoms with van der Waals surface area (Å²) >= 11 is 0. The molecule has 1 rings (SSSR count). The number of hydrogen-bond acceptors (Lipinski definition) is 3. The molecule has 0 bridgehead atoms. The molecular weight excluding hydrogens is 202 g/mol. The van der Waals surface area contributed by atoms with Crippen LogP contribution >= 0.6 is 0 Å². The normalized spacial score (nSPS) is 19.8. The number of nitrogens with two attached hydrogens (primary N) is 1. The largest absolute Gasteiger partial charge is 0.460 e. The molecule has 0 aromatic heterocycles. The molecular formula is C13H25NO2. The smallest absolute Gasteiger partial charge is 0.307 e. The fourth-order valence-electron chi connectivity index (χ4n) is 2.35. The summed E-state index contributed by atoms with van der Waals surface area (Å²) in [7, 11) is 0. The van der Waals surface area contributed by atoms with Crippen molar-refractivity contribution in [2.75, 3.05) is 0 Å². The summed E-state index contributed by atoms with van der Waals surface area (Å²) in [5.41, 5.74) is 5.57. The Labute approximate surface area is 98.7 Å². The minimum Gasteiger partial charge on any atom is -0.460 e. The summed E-state index contributed by atoms with van der Waals surface area (Å²) in [6.07, 6.45) is 6.53. The summed E-state index contributed by atoms with van der Waals surface area (Å²) in [6, 6.07) is -0.0297. The maximum Gasteiger partial charge on any atom is 0.307 e. The van der Waals surface area contributed by atoms with Crippen molar-refractivity contribution in [2.45, 2.75) is 70.9 Å². The Morgan fingerprint density at radius 3 is 2.44 bits per heavy atom. The molecule has 1 saturated carbocycles. The summed E-state index contributed by atoms with van der Waals surface area (Å²) in [5, 5.41) is 0. The molecule has 1 aliphatic carbocycles. The number of carbonyl (C=O) groups excluding carboxylic acids is 1. The first-order valence-electron chi connectivity index (χ1n) is 6.34. The van der Waals surface area contributed by atoms with Crippen LogP contribution in [0.3, 0.4) is 0 Å². The molecule has 1 atom stereocenters. The van der Waals surface area contributed by atoms with Crippen LogP contribution in [0, 0.1) is 5.92 Å². The average Bonchev–Trinajstić information content (AvgIpc) is 2.51. The lowest BCUT2D eigenvalue weighted by Crippen LogP contribution is -2.31. The molecule has 0 aromatic rings. The predicted octanol–water partition coefficient (Wildman–Crippen LogP) is 2.63. The summed E-state index contributed by atoms with van der Waals surface area (Å²) in [6.45, 7) is 5.65. The first-order chi connectivity index (χ1) is 7.37. The standard InChI is InChI=1S/C13H25NO2/c1-13(2,3)16-12(15)9-11(14)8-10-6-4-5-7-10/h10-11H,4-9,14H2,1-3H3. The number of ether oxygens (including phenoxy) is 1. The molecule has 1 aliphatic rings. The Hall–Kier alpha value is -0.570. The van der Waals surface area contributed by atoms with Crippen molar-refractivity contribution < 1.29 is 9.53 Å². The molecule has 0 saturated heterocycles. The Kier molecular flexibility index (Phi) is 4.78. The van der Waals surface area contributed by atoms with Crippen LogP contribution < -0.4 is 5.73 Å². The van der Waals surface area contributed by atoms with Crippen molar-refractivity contribution in [1.29, 1.82) is 0 Å². The van der Waals surface area contributed by atoms with Crippen LogP contribution in [0.2, 0.25) is 0 Å². The van der Waals surface area contributed by atoms with Crippen molar-refractivity contribution in [3.05, 3.63) is 0 Å². The maximum atomic E-state index is 11.5. The lowest BCUT2D eigenvalue weighted by Gasteiger charge is -2.21. The highest BCUT2D eigenvalue weighted by molar-refractivity contribution is 5.70. The number of rotatable bonds is 4. The molecule has 0 heterocycles. The van der Waals surface area contributed by atoms with E-state index in [0.29, 0.717) is 6.42 Å². The van der Waals surface area contributed by atoms with E-state index in [1.165, 1.54) is 25.7 Å². The summed E-state index contributed by atoms with van der Waals surface area (Å²) < 4.78 is 5.25. The van der Waals surface area contributed by atoms with E-state index in [-0.39, 0.29) is 12.0 Å². The van der Waals surface area contributed by atoms with Crippen molar-refractivity contribution in [3.63, 3.8) is 0 Å². The fraction of sp³-hybridized carbons (Fsp3) is 0.923. The minimum atomic E-state index is -0.399. The highest BCUT2D eigenvalue weighted by atomic mass is 16.6. The van der Waals surface area contributed by atoms with E-state index in [1.807, 2.05) is 20.8 Å². The molecule has 2 N–H and O–H groups in total. The second-order valence-electron chi connectivity index (χ2n) is 5.94. The van der Waals surface area contributed by atoms with Gasteiger partial charge in [-0.15, -0.1) is 0 Å². The van der Waals surface area contributed by atoms with Gasteiger partial charge in [0.1, 0.15) is 5.60 Å². The van der Waals surface area contributed by atoms with E-state index < -0.39 is 5.60 Å². The Balaban J connectivity index is 2.22. The van der Waals surface area contributed by atoms with Crippen molar-refractivity contribution in [3.8, 4) is 0 Å². The quantitative estimate of drug-likeness (QED) is 0.751. The molecule has 1 unspecified atom stereocenters. The van der Waals surface area contributed by atoms with E-state index >= 15 is 0 Å². The lowest BCUT2D eigenvalue weighted by molar-refractivity contribution is -0.155. The topological polar surface area (TPSA) is 52.3 Å². The second kappa shape index (κ2) is 5.67. The zero-order valence-electron chi connectivity index (χ0n) is 10.8. The van der Waals surface area contributed by atoms with Crippen LogP contribution in [-0.4, -0.2) is 17.6 Å². The van der Waals surface area contributed by atoms with Gasteiger partial charge in [-0.05, 0) is 33.1 Å². The van der Waals surface area contributed by atoms with Crippen LogP contribution in [-0.2, 0) is 9.53 Å². The molecule has 0 spiro atoms. The van der Waals surface area contributed by atoms with Crippen LogP contribution in [0.5, 0.6) is 0 Å².